The molecule has 186 valence electrons. The number of imide groups is 1. The van der Waals surface area contributed by atoms with E-state index in [0.29, 0.717) is 6.54 Å². The molecule has 0 spiro atoms. The minimum Gasteiger partial charge on any atom is -0.368 e. The lowest BCUT2D eigenvalue weighted by molar-refractivity contribution is -0.127. The van der Waals surface area contributed by atoms with Crippen LogP contribution < -0.4 is 10.2 Å². The van der Waals surface area contributed by atoms with E-state index in [1.165, 1.54) is 15.3 Å². The number of benzene rings is 2. The summed E-state index contributed by atoms with van der Waals surface area (Å²) in [7, 11) is 1.70. The molecule has 3 amide bonds. The first-order valence-electron chi connectivity index (χ1n) is 12.0. The van der Waals surface area contributed by atoms with Crippen LogP contribution >= 0.6 is 23.1 Å². The lowest BCUT2D eigenvalue weighted by Gasteiger charge is -2.41. The highest BCUT2D eigenvalue weighted by atomic mass is 32.2. The average Bonchev–Trinajstić information content (AvgIpc) is 3.50. The van der Waals surface area contributed by atoms with Gasteiger partial charge >= 0.3 is 6.03 Å². The van der Waals surface area contributed by atoms with Gasteiger partial charge in [-0.25, -0.2) is 14.8 Å². The smallest absolute Gasteiger partial charge is 0.325 e. The van der Waals surface area contributed by atoms with Gasteiger partial charge in [-0.3, -0.25) is 10.1 Å². The van der Waals surface area contributed by atoms with Crippen LogP contribution in [0, 0.1) is 0 Å². The van der Waals surface area contributed by atoms with Crippen molar-refractivity contribution in [1.29, 1.82) is 0 Å². The van der Waals surface area contributed by atoms with Crippen LogP contribution in [0.1, 0.15) is 0 Å². The van der Waals surface area contributed by atoms with E-state index < -0.39 is 18.2 Å². The first-order chi connectivity index (χ1) is 17.6. The molecule has 2 atom stereocenters. The van der Waals surface area contributed by atoms with Gasteiger partial charge in [0.2, 0.25) is 0 Å². The van der Waals surface area contributed by atoms with E-state index in [0.717, 1.165) is 47.7 Å². The van der Waals surface area contributed by atoms with E-state index in [1.54, 1.807) is 30.1 Å². The minimum absolute atomic E-state index is 0.283. The molecule has 1 aromatic heterocycles. The van der Waals surface area contributed by atoms with E-state index >= 15 is 0 Å². The molecule has 0 aliphatic carbocycles. The standard InChI is InChI=1S/C25H27N7O2S2/c1-29-21-20(22(33)28-24(29)34)32(15-16-35-25-26-18-9-5-6-10-19(18)36-25)23(27-21)31-13-11-30(12-14-31)17-7-3-2-4-8-17/h2-10,20-21H,11-16H2,1H3,(H,28,33,34). The third kappa shape index (κ3) is 4.26. The maximum Gasteiger partial charge on any atom is 0.325 e. The van der Waals surface area contributed by atoms with Gasteiger partial charge in [0.1, 0.15) is 0 Å². The zero-order chi connectivity index (χ0) is 24.6. The molecule has 1 N–H and O–H groups in total. The van der Waals surface area contributed by atoms with Gasteiger partial charge in [0.05, 0.1) is 10.2 Å². The minimum atomic E-state index is -0.522. The normalized spacial score (nSPS) is 22.2. The number of aromatic nitrogens is 1. The van der Waals surface area contributed by atoms with E-state index in [1.807, 2.05) is 24.3 Å². The maximum atomic E-state index is 12.9. The van der Waals surface area contributed by atoms with E-state index in [-0.39, 0.29) is 5.91 Å². The number of thiazole rings is 1. The summed E-state index contributed by atoms with van der Waals surface area (Å²) in [4.78, 5) is 43.1. The number of aliphatic imine (C=N–C) groups is 1. The van der Waals surface area contributed by atoms with Crippen LogP contribution in [-0.4, -0.2) is 95.3 Å². The van der Waals surface area contributed by atoms with Crippen molar-refractivity contribution in [2.75, 3.05) is 50.4 Å². The average molecular weight is 522 g/mol. The fourth-order valence-corrected chi connectivity index (χ4v) is 7.04. The van der Waals surface area contributed by atoms with Crippen LogP contribution in [0.15, 0.2) is 63.9 Å². The Labute approximate surface area is 217 Å². The molecule has 2 fully saturated rings. The number of para-hydroxylation sites is 2. The molecule has 3 aliphatic heterocycles. The van der Waals surface area contributed by atoms with E-state index in [9.17, 15) is 9.59 Å². The lowest BCUT2D eigenvalue weighted by atomic mass is 10.1. The van der Waals surface area contributed by atoms with E-state index in [4.69, 9.17) is 9.98 Å². The molecular formula is C25H27N7O2S2. The highest BCUT2D eigenvalue weighted by Crippen LogP contribution is 2.31. The van der Waals surface area contributed by atoms with Crippen LogP contribution in [0.3, 0.4) is 0 Å². The molecule has 3 aliphatic rings. The quantitative estimate of drug-likeness (QED) is 0.517. The second-order valence-corrected chi connectivity index (χ2v) is 11.4. The molecular weight excluding hydrogens is 494 g/mol. The Hall–Kier alpha value is -3.31. The Balaban J connectivity index is 1.18. The predicted octanol–water partition coefficient (Wildman–Crippen LogP) is 2.76. The van der Waals surface area contributed by atoms with E-state index in [2.05, 4.69) is 50.3 Å². The molecule has 2 saturated heterocycles. The lowest BCUT2D eigenvalue weighted by Crippen LogP contribution is -2.64. The molecule has 4 heterocycles. The number of anilines is 1. The molecule has 0 bridgehead atoms. The maximum absolute atomic E-state index is 12.9. The number of hydrogen-bond donors (Lipinski definition) is 1. The van der Waals surface area contributed by atoms with Crippen molar-refractivity contribution in [1.82, 2.24) is 25.0 Å². The zero-order valence-electron chi connectivity index (χ0n) is 19.9. The summed E-state index contributed by atoms with van der Waals surface area (Å²) < 4.78 is 2.19. The Kier molecular flexibility index (Phi) is 6.18. The summed E-state index contributed by atoms with van der Waals surface area (Å²) in [6.07, 6.45) is -0.513. The number of nitrogens with one attached hydrogen (secondary N) is 1. The van der Waals surface area contributed by atoms with Gasteiger partial charge in [0, 0.05) is 51.2 Å². The largest absolute Gasteiger partial charge is 0.368 e. The molecule has 3 aromatic rings. The van der Waals surface area contributed by atoms with Crippen LogP contribution in [0.25, 0.3) is 10.2 Å². The number of guanidine groups is 1. The number of hydrogen-bond acceptors (Lipinski definition) is 9. The molecule has 11 heteroatoms. The van der Waals surface area contributed by atoms with Gasteiger partial charge in [-0.2, -0.15) is 0 Å². The number of fused-ring (bicyclic) bond motifs is 2. The fourth-order valence-electron chi connectivity index (χ4n) is 4.96. The summed E-state index contributed by atoms with van der Waals surface area (Å²) in [6, 6.07) is 17.6. The number of piperazine rings is 1. The number of thioether (sulfide) groups is 1. The highest BCUT2D eigenvalue weighted by Gasteiger charge is 2.49. The number of carbonyl (C=O) groups excluding carboxylic acids is 2. The summed E-state index contributed by atoms with van der Waals surface area (Å²) in [5.74, 6) is 1.28. The van der Waals surface area contributed by atoms with Gasteiger partial charge in [-0.1, -0.05) is 42.1 Å². The van der Waals surface area contributed by atoms with Crippen molar-refractivity contribution < 1.29 is 9.59 Å². The SMILES string of the molecule is CN1C(=O)NC(=O)C2C1N=C(N1CCN(c3ccccc3)CC1)N2CCSc1nc2ccccc2s1. The molecule has 2 aromatic carbocycles. The summed E-state index contributed by atoms with van der Waals surface area (Å²) in [5.41, 5.74) is 2.23. The van der Waals surface area contributed by atoms with Crippen molar-refractivity contribution in [3.63, 3.8) is 0 Å². The van der Waals surface area contributed by atoms with Crippen molar-refractivity contribution in [3.05, 3.63) is 54.6 Å². The number of urea groups is 1. The molecule has 9 nitrogen and oxygen atoms in total. The first kappa shape index (κ1) is 23.1. The summed E-state index contributed by atoms with van der Waals surface area (Å²) >= 11 is 3.38. The van der Waals surface area contributed by atoms with Crippen molar-refractivity contribution in [3.8, 4) is 0 Å². The molecule has 2 unspecified atom stereocenters. The predicted molar refractivity (Wildman–Crippen MR) is 144 cm³/mol. The van der Waals surface area contributed by atoms with Crippen LogP contribution in [-0.2, 0) is 4.79 Å². The third-order valence-corrected chi connectivity index (χ3v) is 9.01. The van der Waals surface area contributed by atoms with Crippen molar-refractivity contribution in [2.24, 2.45) is 4.99 Å². The van der Waals surface area contributed by atoms with Gasteiger partial charge in [-0.15, -0.1) is 11.3 Å². The second-order valence-electron chi connectivity index (χ2n) is 8.99. The highest BCUT2D eigenvalue weighted by molar-refractivity contribution is 8.01. The number of carbonyl (C=O) groups is 2. The molecule has 6 rings (SSSR count). The monoisotopic (exact) mass is 521 g/mol. The number of nitrogens with zero attached hydrogens (tertiary/aromatic N) is 6. The summed E-state index contributed by atoms with van der Waals surface area (Å²) in [6.45, 7) is 3.97. The fraction of sp³-hybridized carbons (Fsp3) is 0.360. The van der Waals surface area contributed by atoms with Crippen molar-refractivity contribution >= 4 is 56.9 Å². The van der Waals surface area contributed by atoms with Gasteiger partial charge < -0.3 is 19.6 Å². The molecule has 0 saturated carbocycles. The number of amides is 3. The first-order valence-corrected chi connectivity index (χ1v) is 13.8. The third-order valence-electron chi connectivity index (χ3n) is 6.85. The number of likely N-dealkylation sites (N-methyl/N-ethyl adjacent to an activating group) is 1. The summed E-state index contributed by atoms with van der Waals surface area (Å²) in [5, 5.41) is 2.50. The van der Waals surface area contributed by atoms with Crippen LogP contribution in [0.4, 0.5) is 10.5 Å². The second kappa shape index (κ2) is 9.62. The van der Waals surface area contributed by atoms with Crippen molar-refractivity contribution in [2.45, 2.75) is 16.5 Å². The van der Waals surface area contributed by atoms with Crippen LogP contribution in [0.5, 0.6) is 0 Å². The molecule has 36 heavy (non-hydrogen) atoms. The van der Waals surface area contributed by atoms with Crippen LogP contribution in [0.2, 0.25) is 0 Å². The van der Waals surface area contributed by atoms with Gasteiger partial charge in [-0.05, 0) is 24.3 Å². The Bertz CT molecular complexity index is 1270. The zero-order valence-corrected chi connectivity index (χ0v) is 21.5. The molecule has 0 radical (unpaired) electrons. The van der Waals surface area contributed by atoms with Gasteiger partial charge in [0.25, 0.3) is 5.91 Å². The topological polar surface area (TPSA) is 84.4 Å². The Morgan fingerprint density at radius 2 is 1.72 bits per heavy atom. The van der Waals surface area contributed by atoms with Gasteiger partial charge in [0.15, 0.2) is 22.5 Å². The Morgan fingerprint density at radius 3 is 2.50 bits per heavy atom. The number of rotatable bonds is 5. The Morgan fingerprint density at radius 1 is 1.00 bits per heavy atom.